The highest BCUT2D eigenvalue weighted by Crippen LogP contribution is 2.16. The number of hydrogen-bond acceptors (Lipinski definition) is 4. The molecule has 1 aromatic heterocycles. The van der Waals surface area contributed by atoms with Crippen LogP contribution in [0.15, 0.2) is 35.3 Å². The normalized spacial score (nSPS) is 10.6. The summed E-state index contributed by atoms with van der Waals surface area (Å²) in [6, 6.07) is 5.97. The Kier molecular flexibility index (Phi) is 4.57. The Balaban J connectivity index is 2.32. The molecule has 0 fully saturated rings. The summed E-state index contributed by atoms with van der Waals surface area (Å²) in [4.78, 5) is 14.1. The summed E-state index contributed by atoms with van der Waals surface area (Å²) in [6.07, 6.45) is 1.62. The summed E-state index contributed by atoms with van der Waals surface area (Å²) >= 11 is 0. The fourth-order valence-corrected chi connectivity index (χ4v) is 2.20. The molecular formula is C15H19FN4O. The summed E-state index contributed by atoms with van der Waals surface area (Å²) in [5.74, 6) is -0.434. The van der Waals surface area contributed by atoms with Crippen molar-refractivity contribution in [2.24, 2.45) is 0 Å². The van der Waals surface area contributed by atoms with Crippen LogP contribution in [0.4, 0.5) is 15.8 Å². The van der Waals surface area contributed by atoms with Crippen molar-refractivity contribution >= 4 is 11.4 Å². The van der Waals surface area contributed by atoms with Gasteiger partial charge in [-0.1, -0.05) is 6.07 Å². The van der Waals surface area contributed by atoms with Crippen LogP contribution in [-0.2, 0) is 6.54 Å². The molecule has 5 nitrogen and oxygen atoms in total. The summed E-state index contributed by atoms with van der Waals surface area (Å²) in [7, 11) is 0. The molecule has 1 aromatic carbocycles. The van der Waals surface area contributed by atoms with E-state index in [4.69, 9.17) is 5.73 Å². The fourth-order valence-electron chi connectivity index (χ4n) is 2.20. The SMILES string of the molecule is CCN(CC)c1cnn(Cc2c(N)cccc2F)c(=O)c1. The standard InChI is InChI=1S/C15H19FN4O/c1-3-19(4-2)11-8-15(21)20(18-9-11)10-12-13(16)6-5-7-14(12)17/h5-9H,3-4,10,17H2,1-2H3. The molecule has 0 aliphatic carbocycles. The Hall–Kier alpha value is -2.37. The molecule has 21 heavy (non-hydrogen) atoms. The van der Waals surface area contributed by atoms with Crippen molar-refractivity contribution in [3.8, 4) is 0 Å². The second kappa shape index (κ2) is 6.39. The zero-order valence-electron chi connectivity index (χ0n) is 12.2. The van der Waals surface area contributed by atoms with Gasteiger partial charge in [0.05, 0.1) is 18.4 Å². The first-order chi connectivity index (χ1) is 10.1. The monoisotopic (exact) mass is 290 g/mol. The van der Waals surface area contributed by atoms with Gasteiger partial charge in [-0.3, -0.25) is 4.79 Å². The topological polar surface area (TPSA) is 64.2 Å². The lowest BCUT2D eigenvalue weighted by molar-refractivity contribution is 0.573. The van der Waals surface area contributed by atoms with Gasteiger partial charge >= 0.3 is 0 Å². The Bertz CT molecular complexity index is 659. The smallest absolute Gasteiger partial charge is 0.269 e. The molecule has 1 heterocycles. The highest BCUT2D eigenvalue weighted by molar-refractivity contribution is 5.47. The highest BCUT2D eigenvalue weighted by Gasteiger charge is 2.10. The number of rotatable bonds is 5. The minimum atomic E-state index is -0.434. The lowest BCUT2D eigenvalue weighted by Crippen LogP contribution is -2.28. The zero-order valence-corrected chi connectivity index (χ0v) is 12.2. The minimum Gasteiger partial charge on any atom is -0.398 e. The molecule has 0 aliphatic heterocycles. The summed E-state index contributed by atoms with van der Waals surface area (Å²) in [5, 5.41) is 4.11. The number of aromatic nitrogens is 2. The molecule has 2 rings (SSSR count). The third-order valence-electron chi connectivity index (χ3n) is 3.45. The van der Waals surface area contributed by atoms with Crippen molar-refractivity contribution in [2.45, 2.75) is 20.4 Å². The van der Waals surface area contributed by atoms with Crippen LogP contribution in [0.3, 0.4) is 0 Å². The first-order valence-electron chi connectivity index (χ1n) is 6.91. The second-order valence-electron chi connectivity index (χ2n) is 4.69. The summed E-state index contributed by atoms with van der Waals surface area (Å²) < 4.78 is 15.0. The summed E-state index contributed by atoms with van der Waals surface area (Å²) in [6.45, 7) is 5.63. The molecule has 0 aliphatic rings. The van der Waals surface area contributed by atoms with E-state index in [0.717, 1.165) is 18.8 Å². The lowest BCUT2D eigenvalue weighted by atomic mass is 10.1. The molecule has 0 amide bonds. The summed E-state index contributed by atoms with van der Waals surface area (Å²) in [5.41, 5.74) is 6.84. The molecule has 6 heteroatoms. The van der Waals surface area contributed by atoms with E-state index in [9.17, 15) is 9.18 Å². The molecule has 0 spiro atoms. The van der Waals surface area contributed by atoms with Crippen LogP contribution in [0.1, 0.15) is 19.4 Å². The van der Waals surface area contributed by atoms with E-state index >= 15 is 0 Å². The van der Waals surface area contributed by atoms with E-state index < -0.39 is 5.82 Å². The molecule has 0 unspecified atom stereocenters. The Morgan fingerprint density at radius 3 is 2.62 bits per heavy atom. The average molecular weight is 290 g/mol. The van der Waals surface area contributed by atoms with Gasteiger partial charge in [-0.2, -0.15) is 5.10 Å². The molecule has 2 aromatic rings. The van der Waals surface area contributed by atoms with E-state index in [1.807, 2.05) is 18.7 Å². The van der Waals surface area contributed by atoms with Crippen molar-refractivity contribution in [2.75, 3.05) is 23.7 Å². The average Bonchev–Trinajstić information content (AvgIpc) is 2.46. The quantitative estimate of drug-likeness (QED) is 0.854. The van der Waals surface area contributed by atoms with E-state index in [2.05, 4.69) is 5.10 Å². The Morgan fingerprint density at radius 2 is 2.05 bits per heavy atom. The van der Waals surface area contributed by atoms with Gasteiger partial charge in [0.25, 0.3) is 5.56 Å². The first kappa shape index (κ1) is 15.0. The van der Waals surface area contributed by atoms with E-state index in [1.165, 1.54) is 22.9 Å². The third kappa shape index (κ3) is 3.21. The largest absolute Gasteiger partial charge is 0.398 e. The van der Waals surface area contributed by atoms with Crippen molar-refractivity contribution in [1.29, 1.82) is 0 Å². The van der Waals surface area contributed by atoms with Crippen LogP contribution in [0.5, 0.6) is 0 Å². The van der Waals surface area contributed by atoms with Gasteiger partial charge in [-0.05, 0) is 26.0 Å². The lowest BCUT2D eigenvalue weighted by Gasteiger charge is -2.20. The van der Waals surface area contributed by atoms with Crippen molar-refractivity contribution in [1.82, 2.24) is 9.78 Å². The van der Waals surface area contributed by atoms with Crippen molar-refractivity contribution in [3.63, 3.8) is 0 Å². The number of benzene rings is 1. The van der Waals surface area contributed by atoms with Crippen LogP contribution < -0.4 is 16.2 Å². The highest BCUT2D eigenvalue weighted by atomic mass is 19.1. The predicted molar refractivity (Wildman–Crippen MR) is 82.0 cm³/mol. The van der Waals surface area contributed by atoms with Crippen LogP contribution >= 0.6 is 0 Å². The van der Waals surface area contributed by atoms with Gasteiger partial charge in [0.2, 0.25) is 0 Å². The molecule has 2 N–H and O–H groups in total. The molecule has 0 bridgehead atoms. The first-order valence-corrected chi connectivity index (χ1v) is 6.91. The van der Waals surface area contributed by atoms with Gasteiger partial charge in [0.15, 0.2) is 0 Å². The molecule has 0 saturated carbocycles. The maximum Gasteiger partial charge on any atom is 0.269 e. The van der Waals surface area contributed by atoms with Crippen LogP contribution in [0, 0.1) is 5.82 Å². The molecule has 0 saturated heterocycles. The van der Waals surface area contributed by atoms with Gasteiger partial charge < -0.3 is 10.6 Å². The third-order valence-corrected chi connectivity index (χ3v) is 3.45. The second-order valence-corrected chi connectivity index (χ2v) is 4.69. The molecule has 112 valence electrons. The number of hydrogen-bond donors (Lipinski definition) is 1. The van der Waals surface area contributed by atoms with Crippen molar-refractivity contribution < 1.29 is 4.39 Å². The number of nitrogens with zero attached hydrogens (tertiary/aromatic N) is 3. The Labute approximate surface area is 122 Å². The number of nitrogens with two attached hydrogens (primary N) is 1. The van der Waals surface area contributed by atoms with Gasteiger partial charge in [0.1, 0.15) is 5.82 Å². The number of halogens is 1. The number of nitrogen functional groups attached to an aromatic ring is 1. The predicted octanol–water partition coefficient (Wildman–Crippen LogP) is 1.86. The maximum absolute atomic E-state index is 13.8. The van der Waals surface area contributed by atoms with E-state index in [1.54, 1.807) is 12.3 Å². The van der Waals surface area contributed by atoms with Crippen LogP contribution in [0.25, 0.3) is 0 Å². The molecule has 0 atom stereocenters. The maximum atomic E-state index is 13.8. The molecular weight excluding hydrogens is 271 g/mol. The Morgan fingerprint density at radius 1 is 1.33 bits per heavy atom. The fraction of sp³-hybridized carbons (Fsp3) is 0.333. The van der Waals surface area contributed by atoms with E-state index in [0.29, 0.717) is 5.69 Å². The van der Waals surface area contributed by atoms with Gasteiger partial charge in [-0.25, -0.2) is 9.07 Å². The zero-order chi connectivity index (χ0) is 15.4. The van der Waals surface area contributed by atoms with Gasteiger partial charge in [0, 0.05) is 30.4 Å². The van der Waals surface area contributed by atoms with Gasteiger partial charge in [-0.15, -0.1) is 0 Å². The number of anilines is 2. The molecule has 0 radical (unpaired) electrons. The van der Waals surface area contributed by atoms with E-state index in [-0.39, 0.29) is 17.7 Å². The van der Waals surface area contributed by atoms with Crippen molar-refractivity contribution in [3.05, 3.63) is 52.2 Å². The van der Waals surface area contributed by atoms with Crippen LogP contribution in [-0.4, -0.2) is 22.9 Å². The van der Waals surface area contributed by atoms with Crippen LogP contribution in [0.2, 0.25) is 0 Å². The minimum absolute atomic E-state index is 0.0237.